The zero-order chi connectivity index (χ0) is 14.6. The van der Waals surface area contributed by atoms with Gasteiger partial charge in [0.2, 0.25) is 5.91 Å². The van der Waals surface area contributed by atoms with E-state index in [4.69, 9.17) is 15.6 Å². The second-order valence-electron chi connectivity index (χ2n) is 4.86. The smallest absolute Gasteiger partial charge is 0.220 e. The maximum Gasteiger partial charge on any atom is 0.220 e. The molecule has 6 atom stereocenters. The van der Waals surface area contributed by atoms with Crippen LogP contribution in [0.15, 0.2) is 0 Å². The molecule has 0 spiro atoms. The minimum atomic E-state index is -1.36. The van der Waals surface area contributed by atoms with E-state index in [0.717, 1.165) is 0 Å². The highest BCUT2D eigenvalue weighted by molar-refractivity contribution is 5.77. The van der Waals surface area contributed by atoms with Gasteiger partial charge in [-0.1, -0.05) is 6.92 Å². The zero-order valence-electron chi connectivity index (χ0n) is 10.8. The normalized spacial score (nSPS) is 37.0. The summed E-state index contributed by atoms with van der Waals surface area (Å²) in [5.41, 5.74) is 5.12. The van der Waals surface area contributed by atoms with Crippen LogP contribution in [0.4, 0.5) is 0 Å². The van der Waals surface area contributed by atoms with E-state index >= 15 is 0 Å². The van der Waals surface area contributed by atoms with Gasteiger partial charge in [0.1, 0.15) is 18.3 Å². The maximum atomic E-state index is 11.0. The average Bonchev–Trinajstić information content (AvgIpc) is 2.37. The molecule has 0 saturated carbocycles. The molecule has 0 aromatic heterocycles. The highest BCUT2D eigenvalue weighted by atomic mass is 16.5. The first-order chi connectivity index (χ1) is 8.88. The average molecular weight is 276 g/mol. The lowest BCUT2D eigenvalue weighted by Crippen LogP contribution is -2.58. The summed E-state index contributed by atoms with van der Waals surface area (Å²) >= 11 is 0. The highest BCUT2D eigenvalue weighted by Gasteiger charge is 2.43. The van der Waals surface area contributed by atoms with Gasteiger partial charge in [0.25, 0.3) is 0 Å². The van der Waals surface area contributed by atoms with Crippen molar-refractivity contribution in [1.82, 2.24) is 0 Å². The van der Waals surface area contributed by atoms with Gasteiger partial charge < -0.3 is 30.9 Å². The van der Waals surface area contributed by atoms with E-state index in [9.17, 15) is 20.1 Å². The fraction of sp³-hybridized carbons (Fsp3) is 0.833. The number of nitrogens with two attached hydrogens (primary N) is 1. The molecule has 19 heavy (non-hydrogen) atoms. The first-order valence-electron chi connectivity index (χ1n) is 6.33. The van der Waals surface area contributed by atoms with E-state index in [1.54, 1.807) is 6.92 Å². The van der Waals surface area contributed by atoms with Crippen molar-refractivity contribution in [3.8, 4) is 0 Å². The standard InChI is InChI=1S/C12H22NO6/c1-6(12(13)18)5-8-10(16)11(17)9(15)7(19-8)3-2-4-14/h5-11,14-17H,2-4H2,1H3,(H2,13,18). The summed E-state index contributed by atoms with van der Waals surface area (Å²) < 4.78 is 5.47. The van der Waals surface area contributed by atoms with Gasteiger partial charge in [0.05, 0.1) is 12.2 Å². The zero-order valence-corrected chi connectivity index (χ0v) is 10.8. The molecule has 1 rings (SSSR count). The van der Waals surface area contributed by atoms with Crippen LogP contribution in [0.25, 0.3) is 0 Å². The van der Waals surface area contributed by atoms with Crippen LogP contribution < -0.4 is 5.73 Å². The molecule has 1 aliphatic rings. The third-order valence-electron chi connectivity index (χ3n) is 3.32. The van der Waals surface area contributed by atoms with Crippen molar-refractivity contribution < 1.29 is 30.0 Å². The Hall–Kier alpha value is -0.730. The fourth-order valence-corrected chi connectivity index (χ4v) is 2.05. The number of hydrogen-bond donors (Lipinski definition) is 5. The second-order valence-corrected chi connectivity index (χ2v) is 4.86. The predicted molar refractivity (Wildman–Crippen MR) is 65.7 cm³/mol. The van der Waals surface area contributed by atoms with Crippen LogP contribution in [-0.2, 0) is 9.53 Å². The third-order valence-corrected chi connectivity index (χ3v) is 3.32. The van der Waals surface area contributed by atoms with Crippen molar-refractivity contribution in [1.29, 1.82) is 0 Å². The topological polar surface area (TPSA) is 133 Å². The second kappa shape index (κ2) is 7.16. The summed E-state index contributed by atoms with van der Waals surface area (Å²) in [4.78, 5) is 11.0. The van der Waals surface area contributed by atoms with Crippen LogP contribution in [0.5, 0.6) is 0 Å². The van der Waals surface area contributed by atoms with E-state index in [0.29, 0.717) is 12.8 Å². The number of carbonyl (C=O) groups is 1. The fourth-order valence-electron chi connectivity index (χ4n) is 2.05. The molecule has 111 valence electrons. The molecular weight excluding hydrogens is 254 g/mol. The Bertz CT molecular complexity index is 300. The molecule has 1 radical (unpaired) electrons. The molecule has 0 aromatic carbocycles. The quantitative estimate of drug-likeness (QED) is 0.378. The van der Waals surface area contributed by atoms with Gasteiger partial charge >= 0.3 is 0 Å². The summed E-state index contributed by atoms with van der Waals surface area (Å²) in [5.74, 6) is -1.19. The first-order valence-corrected chi connectivity index (χ1v) is 6.33. The van der Waals surface area contributed by atoms with Crippen LogP contribution >= 0.6 is 0 Å². The van der Waals surface area contributed by atoms with Gasteiger partial charge in [-0.3, -0.25) is 4.79 Å². The van der Waals surface area contributed by atoms with Crippen LogP contribution in [0.2, 0.25) is 0 Å². The van der Waals surface area contributed by atoms with Crippen LogP contribution in [-0.4, -0.2) is 63.5 Å². The number of amides is 1. The highest BCUT2D eigenvalue weighted by Crippen LogP contribution is 2.27. The molecule has 7 heteroatoms. The molecule has 0 aromatic rings. The molecule has 7 nitrogen and oxygen atoms in total. The lowest BCUT2D eigenvalue weighted by Gasteiger charge is -2.41. The van der Waals surface area contributed by atoms with Crippen molar-refractivity contribution >= 4 is 5.91 Å². The van der Waals surface area contributed by atoms with Crippen molar-refractivity contribution in [2.45, 2.75) is 50.3 Å². The number of hydrogen-bond acceptors (Lipinski definition) is 6. The van der Waals surface area contributed by atoms with Gasteiger partial charge in [0.15, 0.2) is 0 Å². The number of aliphatic hydroxyl groups is 4. The predicted octanol–water partition coefficient (Wildman–Crippen LogP) is -2.07. The molecule has 0 aliphatic carbocycles. The van der Waals surface area contributed by atoms with Gasteiger partial charge in [-0.15, -0.1) is 0 Å². The van der Waals surface area contributed by atoms with Gasteiger partial charge in [-0.2, -0.15) is 0 Å². The van der Waals surface area contributed by atoms with E-state index in [1.807, 2.05) is 0 Å². The number of ether oxygens (including phenoxy) is 1. The van der Waals surface area contributed by atoms with E-state index in [1.165, 1.54) is 6.42 Å². The molecule has 1 aliphatic heterocycles. The van der Waals surface area contributed by atoms with E-state index in [2.05, 4.69) is 0 Å². The van der Waals surface area contributed by atoms with Crippen LogP contribution in [0.1, 0.15) is 19.8 Å². The Morgan fingerprint density at radius 1 is 1.32 bits per heavy atom. The van der Waals surface area contributed by atoms with Crippen molar-refractivity contribution in [3.05, 3.63) is 6.42 Å². The molecule has 0 bridgehead atoms. The monoisotopic (exact) mass is 276 g/mol. The van der Waals surface area contributed by atoms with Gasteiger partial charge in [-0.05, 0) is 12.8 Å². The summed E-state index contributed by atoms with van der Waals surface area (Å²) in [6.07, 6.45) is -3.33. The Morgan fingerprint density at radius 3 is 2.47 bits per heavy atom. The largest absolute Gasteiger partial charge is 0.396 e. The summed E-state index contributed by atoms with van der Waals surface area (Å²) in [5, 5.41) is 38.1. The number of carbonyl (C=O) groups excluding carboxylic acids is 1. The van der Waals surface area contributed by atoms with Gasteiger partial charge in [0, 0.05) is 18.9 Å². The lowest BCUT2D eigenvalue weighted by atomic mass is 9.88. The molecule has 6 N–H and O–H groups in total. The Balaban J connectivity index is 2.67. The first kappa shape index (κ1) is 16.3. The van der Waals surface area contributed by atoms with Gasteiger partial charge in [-0.25, -0.2) is 0 Å². The minimum absolute atomic E-state index is 0.0582. The maximum absolute atomic E-state index is 11.0. The molecule has 1 amide bonds. The van der Waals surface area contributed by atoms with Crippen molar-refractivity contribution in [2.24, 2.45) is 11.7 Å². The molecular formula is C12H22NO6. The molecule has 1 saturated heterocycles. The SMILES string of the molecule is CC([CH]C1OC(CCCO)C(O)C(O)C1O)C(N)=O. The minimum Gasteiger partial charge on any atom is -0.396 e. The Labute approximate surface area is 112 Å². The van der Waals surface area contributed by atoms with Crippen LogP contribution in [0, 0.1) is 12.3 Å². The third kappa shape index (κ3) is 4.12. The molecule has 6 unspecified atom stereocenters. The number of primary amides is 1. The molecule has 1 heterocycles. The number of aliphatic hydroxyl groups excluding tert-OH is 4. The summed E-state index contributed by atoms with van der Waals surface area (Å²) in [7, 11) is 0. The van der Waals surface area contributed by atoms with Crippen LogP contribution in [0.3, 0.4) is 0 Å². The Kier molecular flexibility index (Phi) is 6.15. The van der Waals surface area contributed by atoms with E-state index < -0.39 is 42.3 Å². The van der Waals surface area contributed by atoms with Crippen molar-refractivity contribution in [3.63, 3.8) is 0 Å². The number of rotatable bonds is 6. The summed E-state index contributed by atoms with van der Waals surface area (Å²) in [6, 6.07) is 0. The van der Waals surface area contributed by atoms with E-state index in [-0.39, 0.29) is 6.61 Å². The molecule has 1 fully saturated rings. The summed E-state index contributed by atoms with van der Waals surface area (Å²) in [6.45, 7) is 1.50. The lowest BCUT2D eigenvalue weighted by molar-refractivity contribution is -0.216. The van der Waals surface area contributed by atoms with Crippen molar-refractivity contribution in [2.75, 3.05) is 6.61 Å². The Morgan fingerprint density at radius 2 is 1.95 bits per heavy atom.